The molecule has 1 saturated heterocycles. The number of fused-ring (bicyclic) bond motifs is 1. The van der Waals surface area contributed by atoms with Crippen molar-refractivity contribution in [2.24, 2.45) is 5.92 Å². The molecule has 1 heterocycles. The molecule has 0 spiro atoms. The number of rotatable bonds is 5. The van der Waals surface area contributed by atoms with Gasteiger partial charge in [0, 0.05) is 19.6 Å². The van der Waals surface area contributed by atoms with E-state index in [1.807, 2.05) is 12.1 Å². The maximum Gasteiger partial charge on any atom is 0.233 e. The number of piperidine rings is 1. The van der Waals surface area contributed by atoms with Crippen LogP contribution in [0.2, 0.25) is 0 Å². The number of carbonyl (C=O) groups excluding carboxylic acids is 1. The zero-order chi connectivity index (χ0) is 17.1. The lowest BCUT2D eigenvalue weighted by Crippen LogP contribution is -2.44. The highest BCUT2D eigenvalue weighted by molar-refractivity contribution is 5.77. The van der Waals surface area contributed by atoms with E-state index >= 15 is 0 Å². The van der Waals surface area contributed by atoms with Gasteiger partial charge in [-0.3, -0.25) is 14.6 Å². The summed E-state index contributed by atoms with van der Waals surface area (Å²) < 4.78 is 0. The van der Waals surface area contributed by atoms with E-state index in [9.17, 15) is 9.90 Å². The highest BCUT2D eigenvalue weighted by atomic mass is 16.3. The first-order valence-corrected chi connectivity index (χ1v) is 8.97. The van der Waals surface area contributed by atoms with Gasteiger partial charge >= 0.3 is 0 Å². The molecule has 2 aliphatic rings. The number of aliphatic hydroxyl groups excluding tert-OH is 1. The smallest absolute Gasteiger partial charge is 0.233 e. The minimum absolute atomic E-state index is 0.0948. The van der Waals surface area contributed by atoms with Crippen molar-refractivity contribution in [2.45, 2.75) is 31.4 Å². The summed E-state index contributed by atoms with van der Waals surface area (Å²) in [5, 5.41) is 13.3. The largest absolute Gasteiger partial charge is 0.387 e. The third-order valence-electron chi connectivity index (χ3n) is 5.63. The van der Waals surface area contributed by atoms with E-state index < -0.39 is 0 Å². The molecule has 0 unspecified atom stereocenters. The van der Waals surface area contributed by atoms with Gasteiger partial charge in [-0.1, -0.05) is 24.3 Å². The van der Waals surface area contributed by atoms with Crippen LogP contribution < -0.4 is 5.32 Å². The molecular formula is C19H29N3O2. The van der Waals surface area contributed by atoms with E-state index in [0.717, 1.165) is 44.5 Å². The number of carbonyl (C=O) groups is 1. The van der Waals surface area contributed by atoms with Crippen molar-refractivity contribution in [3.8, 4) is 0 Å². The first kappa shape index (κ1) is 17.4. The van der Waals surface area contributed by atoms with Gasteiger partial charge in [0.2, 0.25) is 5.91 Å². The molecule has 24 heavy (non-hydrogen) atoms. The van der Waals surface area contributed by atoms with Crippen LogP contribution in [-0.4, -0.2) is 67.1 Å². The molecule has 0 bridgehead atoms. The molecular weight excluding hydrogens is 302 g/mol. The van der Waals surface area contributed by atoms with Gasteiger partial charge in [0.1, 0.15) is 0 Å². The van der Waals surface area contributed by atoms with Gasteiger partial charge in [-0.15, -0.1) is 0 Å². The highest BCUT2D eigenvalue weighted by Crippen LogP contribution is 2.34. The summed E-state index contributed by atoms with van der Waals surface area (Å²) in [4.78, 5) is 16.0. The van der Waals surface area contributed by atoms with Gasteiger partial charge in [-0.2, -0.15) is 0 Å². The topological polar surface area (TPSA) is 55.8 Å². The molecule has 1 aliphatic heterocycles. The number of nitrogens with one attached hydrogen (secondary N) is 1. The van der Waals surface area contributed by atoms with Crippen molar-refractivity contribution in [1.82, 2.24) is 15.1 Å². The van der Waals surface area contributed by atoms with Crippen LogP contribution in [0.5, 0.6) is 0 Å². The first-order valence-electron chi connectivity index (χ1n) is 8.97. The van der Waals surface area contributed by atoms with E-state index in [-0.39, 0.29) is 18.1 Å². The number of amides is 1. The molecule has 5 heteroatoms. The van der Waals surface area contributed by atoms with Crippen molar-refractivity contribution in [3.63, 3.8) is 0 Å². The van der Waals surface area contributed by atoms with Gasteiger partial charge in [0.05, 0.1) is 12.6 Å². The van der Waals surface area contributed by atoms with E-state index in [2.05, 4.69) is 34.3 Å². The normalized spacial score (nSPS) is 25.0. The van der Waals surface area contributed by atoms with Crippen LogP contribution in [-0.2, 0) is 11.2 Å². The molecule has 132 valence electrons. The fourth-order valence-corrected chi connectivity index (χ4v) is 4.10. The number of hydrogen-bond acceptors (Lipinski definition) is 4. The number of benzene rings is 1. The van der Waals surface area contributed by atoms with Crippen LogP contribution in [0.3, 0.4) is 0 Å². The van der Waals surface area contributed by atoms with E-state index in [4.69, 9.17) is 0 Å². The quantitative estimate of drug-likeness (QED) is 0.846. The summed E-state index contributed by atoms with van der Waals surface area (Å²) in [6.07, 6.45) is 2.80. The predicted molar refractivity (Wildman–Crippen MR) is 94.8 cm³/mol. The Balaban J connectivity index is 1.49. The molecule has 1 aromatic carbocycles. The monoisotopic (exact) mass is 331 g/mol. The van der Waals surface area contributed by atoms with Crippen LogP contribution in [0, 0.1) is 5.92 Å². The van der Waals surface area contributed by atoms with Crippen molar-refractivity contribution in [1.29, 1.82) is 0 Å². The summed E-state index contributed by atoms with van der Waals surface area (Å²) in [6.45, 7) is 3.50. The molecule has 2 atom stereocenters. The predicted octanol–water partition coefficient (Wildman–Crippen LogP) is 1.03. The van der Waals surface area contributed by atoms with E-state index in [0.29, 0.717) is 12.5 Å². The molecule has 2 N–H and O–H groups in total. The fraction of sp³-hybridized carbons (Fsp3) is 0.632. The summed E-state index contributed by atoms with van der Waals surface area (Å²) in [5.74, 6) is 0.740. The molecule has 0 aromatic heterocycles. The molecule has 0 radical (unpaired) electrons. The standard InChI is InChI=1S/C19H29N3O2/c1-20-18(23)13-22-9-7-14(8-10-22)12-21(2)17-11-15-5-3-4-6-16(15)19(17)24/h3-6,14,17,19,24H,7-13H2,1-2H3,(H,20,23)/t17-,19-/m0/s1. The van der Waals surface area contributed by atoms with Crippen molar-refractivity contribution in [3.05, 3.63) is 35.4 Å². The van der Waals surface area contributed by atoms with Gasteiger partial charge in [-0.05, 0) is 56.4 Å². The second-order valence-electron chi connectivity index (χ2n) is 7.25. The summed E-state index contributed by atoms with van der Waals surface area (Å²) in [5.41, 5.74) is 2.37. The first-order chi connectivity index (χ1) is 11.6. The lowest BCUT2D eigenvalue weighted by Gasteiger charge is -2.35. The number of likely N-dealkylation sites (N-methyl/N-ethyl adjacent to an activating group) is 2. The van der Waals surface area contributed by atoms with Gasteiger partial charge in [0.25, 0.3) is 0 Å². The SMILES string of the molecule is CNC(=O)CN1CCC(CN(C)[C@H]2Cc3ccccc3[C@@H]2O)CC1. The van der Waals surface area contributed by atoms with E-state index in [1.165, 1.54) is 5.56 Å². The Kier molecular flexibility index (Phi) is 5.54. The summed E-state index contributed by atoms with van der Waals surface area (Å²) >= 11 is 0. The van der Waals surface area contributed by atoms with Crippen LogP contribution in [0.4, 0.5) is 0 Å². The van der Waals surface area contributed by atoms with Gasteiger partial charge < -0.3 is 10.4 Å². The highest BCUT2D eigenvalue weighted by Gasteiger charge is 2.34. The third kappa shape index (κ3) is 3.79. The average Bonchev–Trinajstić information content (AvgIpc) is 2.94. The average molecular weight is 331 g/mol. The van der Waals surface area contributed by atoms with Crippen molar-refractivity contribution in [2.75, 3.05) is 40.3 Å². The second kappa shape index (κ2) is 7.64. The maximum absolute atomic E-state index is 11.5. The molecule has 1 aromatic rings. The Bertz CT molecular complexity index is 569. The summed E-state index contributed by atoms with van der Waals surface area (Å²) in [7, 11) is 3.83. The van der Waals surface area contributed by atoms with Crippen LogP contribution in [0.25, 0.3) is 0 Å². The Morgan fingerprint density at radius 3 is 2.71 bits per heavy atom. The molecule has 3 rings (SSSR count). The van der Waals surface area contributed by atoms with Crippen LogP contribution >= 0.6 is 0 Å². The van der Waals surface area contributed by atoms with Crippen molar-refractivity contribution < 1.29 is 9.90 Å². The molecule has 0 saturated carbocycles. The lowest BCUT2D eigenvalue weighted by molar-refractivity contribution is -0.122. The van der Waals surface area contributed by atoms with E-state index in [1.54, 1.807) is 7.05 Å². The minimum atomic E-state index is -0.375. The second-order valence-corrected chi connectivity index (χ2v) is 7.25. The number of aliphatic hydroxyl groups is 1. The Morgan fingerprint density at radius 1 is 1.33 bits per heavy atom. The number of hydrogen-bond donors (Lipinski definition) is 2. The maximum atomic E-state index is 11.5. The Hall–Kier alpha value is -1.43. The zero-order valence-electron chi connectivity index (χ0n) is 14.7. The van der Waals surface area contributed by atoms with Crippen LogP contribution in [0.1, 0.15) is 30.1 Å². The zero-order valence-corrected chi connectivity index (χ0v) is 14.7. The van der Waals surface area contributed by atoms with Crippen LogP contribution in [0.15, 0.2) is 24.3 Å². The molecule has 1 fully saturated rings. The number of likely N-dealkylation sites (tertiary alicyclic amines) is 1. The lowest BCUT2D eigenvalue weighted by atomic mass is 9.95. The molecule has 5 nitrogen and oxygen atoms in total. The van der Waals surface area contributed by atoms with Crippen molar-refractivity contribution >= 4 is 5.91 Å². The molecule has 1 amide bonds. The molecule has 1 aliphatic carbocycles. The van der Waals surface area contributed by atoms with Gasteiger partial charge in [-0.25, -0.2) is 0 Å². The summed E-state index contributed by atoms with van der Waals surface area (Å²) in [6, 6.07) is 8.42. The third-order valence-corrected chi connectivity index (χ3v) is 5.63. The number of nitrogens with zero attached hydrogens (tertiary/aromatic N) is 2. The Morgan fingerprint density at radius 2 is 2.04 bits per heavy atom. The minimum Gasteiger partial charge on any atom is -0.387 e. The fourth-order valence-electron chi connectivity index (χ4n) is 4.10. The Labute approximate surface area is 144 Å². The van der Waals surface area contributed by atoms with Gasteiger partial charge in [0.15, 0.2) is 0 Å².